The Hall–Kier alpha value is -1.64. The molecule has 0 aliphatic rings. The Balaban J connectivity index is 2.15. The van der Waals surface area contributed by atoms with Crippen LogP contribution in [0.1, 0.15) is 27.1 Å². The van der Waals surface area contributed by atoms with E-state index in [2.05, 4.69) is 0 Å². The third-order valence-corrected chi connectivity index (χ3v) is 3.20. The van der Waals surface area contributed by atoms with Crippen molar-refractivity contribution >= 4 is 34.8 Å². The number of rotatable bonds is 4. The maximum absolute atomic E-state index is 12.0. The van der Waals surface area contributed by atoms with E-state index in [1.165, 1.54) is 12.1 Å². The molecule has 0 atom stereocenters. The van der Waals surface area contributed by atoms with Crippen LogP contribution in [-0.2, 0) is 0 Å². The highest BCUT2D eigenvalue weighted by molar-refractivity contribution is 6.37. The molecule has 96 valence electrons. The molecule has 0 fully saturated rings. The molecule has 0 aliphatic carbocycles. The number of benzene rings is 2. The number of ketones is 2. The van der Waals surface area contributed by atoms with Crippen LogP contribution in [-0.4, -0.2) is 11.6 Å². The summed E-state index contributed by atoms with van der Waals surface area (Å²) < 4.78 is 0. The number of hydrogen-bond acceptors (Lipinski definition) is 2. The third-order valence-electron chi connectivity index (χ3n) is 2.65. The molecule has 2 rings (SSSR count). The van der Waals surface area contributed by atoms with Crippen molar-refractivity contribution < 1.29 is 9.59 Å². The zero-order chi connectivity index (χ0) is 13.8. The fraction of sp³-hybridized carbons (Fsp3) is 0.0667. The fourth-order valence-corrected chi connectivity index (χ4v) is 2.20. The molecule has 0 saturated carbocycles. The number of halogens is 2. The molecule has 0 N–H and O–H groups in total. The standard InChI is InChI=1S/C15H10Cl2O2/c16-11-6-7-12(13(17)8-11)15(19)9-14(18)10-4-2-1-3-5-10/h1-8H,9H2. The van der Waals surface area contributed by atoms with Gasteiger partial charge in [-0.25, -0.2) is 0 Å². The Morgan fingerprint density at radius 2 is 1.58 bits per heavy atom. The summed E-state index contributed by atoms with van der Waals surface area (Å²) >= 11 is 11.7. The van der Waals surface area contributed by atoms with Crippen LogP contribution >= 0.6 is 23.2 Å². The van der Waals surface area contributed by atoms with E-state index < -0.39 is 0 Å². The van der Waals surface area contributed by atoms with E-state index in [0.717, 1.165) is 0 Å². The lowest BCUT2D eigenvalue weighted by atomic mass is 10.0. The summed E-state index contributed by atoms with van der Waals surface area (Å²) in [6, 6.07) is 13.3. The predicted octanol–water partition coefficient (Wildman–Crippen LogP) is 4.45. The minimum Gasteiger partial charge on any atom is -0.294 e. The highest BCUT2D eigenvalue weighted by atomic mass is 35.5. The molecule has 0 bridgehead atoms. The average molecular weight is 293 g/mol. The van der Waals surface area contributed by atoms with Crippen molar-refractivity contribution in [2.75, 3.05) is 0 Å². The molecule has 0 unspecified atom stereocenters. The second-order valence-corrected chi connectivity index (χ2v) is 4.86. The summed E-state index contributed by atoms with van der Waals surface area (Å²) in [5.74, 6) is -0.535. The van der Waals surface area contributed by atoms with Crippen LogP contribution in [0, 0.1) is 0 Å². The van der Waals surface area contributed by atoms with E-state index in [9.17, 15) is 9.59 Å². The van der Waals surface area contributed by atoms with Crippen molar-refractivity contribution in [3.8, 4) is 0 Å². The molecule has 0 aromatic heterocycles. The molecule has 4 heteroatoms. The van der Waals surface area contributed by atoms with Gasteiger partial charge < -0.3 is 0 Å². The Morgan fingerprint density at radius 1 is 0.895 bits per heavy atom. The topological polar surface area (TPSA) is 34.1 Å². The van der Waals surface area contributed by atoms with E-state index in [1.807, 2.05) is 6.07 Å². The maximum atomic E-state index is 12.0. The normalized spacial score (nSPS) is 10.2. The number of carbonyl (C=O) groups is 2. The first-order valence-corrected chi connectivity index (χ1v) is 6.40. The van der Waals surface area contributed by atoms with Crippen LogP contribution < -0.4 is 0 Å². The van der Waals surface area contributed by atoms with Crippen LogP contribution in [0.15, 0.2) is 48.5 Å². The van der Waals surface area contributed by atoms with Crippen LogP contribution in [0.25, 0.3) is 0 Å². The lowest BCUT2D eigenvalue weighted by Crippen LogP contribution is -2.09. The minimum absolute atomic E-state index is 0.203. The van der Waals surface area contributed by atoms with Gasteiger partial charge in [-0.2, -0.15) is 0 Å². The van der Waals surface area contributed by atoms with E-state index in [-0.39, 0.29) is 23.0 Å². The van der Waals surface area contributed by atoms with Crippen molar-refractivity contribution in [3.05, 3.63) is 69.7 Å². The molecule has 2 aromatic carbocycles. The summed E-state index contributed by atoms with van der Waals surface area (Å²) in [4.78, 5) is 23.9. The summed E-state index contributed by atoms with van der Waals surface area (Å²) in [5.41, 5.74) is 0.830. The fourth-order valence-electron chi connectivity index (χ4n) is 1.68. The predicted molar refractivity (Wildman–Crippen MR) is 76.2 cm³/mol. The van der Waals surface area contributed by atoms with Gasteiger partial charge in [0.15, 0.2) is 11.6 Å². The van der Waals surface area contributed by atoms with Crippen LogP contribution in [0.3, 0.4) is 0 Å². The number of hydrogen-bond donors (Lipinski definition) is 0. The summed E-state index contributed by atoms with van der Waals surface area (Å²) in [6.45, 7) is 0. The first-order chi connectivity index (χ1) is 9.08. The molecule has 0 saturated heterocycles. The quantitative estimate of drug-likeness (QED) is 0.616. The summed E-state index contributed by atoms with van der Waals surface area (Å²) in [5, 5.41) is 0.717. The van der Waals surface area contributed by atoms with Crippen molar-refractivity contribution in [1.29, 1.82) is 0 Å². The first kappa shape index (κ1) is 13.8. The van der Waals surface area contributed by atoms with E-state index in [4.69, 9.17) is 23.2 Å². The maximum Gasteiger partial charge on any atom is 0.172 e. The Morgan fingerprint density at radius 3 is 2.21 bits per heavy atom. The SMILES string of the molecule is O=C(CC(=O)c1ccc(Cl)cc1Cl)c1ccccc1. The first-order valence-electron chi connectivity index (χ1n) is 5.64. The molecule has 0 aliphatic heterocycles. The molecular weight excluding hydrogens is 283 g/mol. The molecule has 0 amide bonds. The molecule has 2 aromatic rings. The van der Waals surface area contributed by atoms with Gasteiger partial charge in [0.25, 0.3) is 0 Å². The van der Waals surface area contributed by atoms with Gasteiger partial charge in [-0.3, -0.25) is 9.59 Å². The van der Waals surface area contributed by atoms with E-state index >= 15 is 0 Å². The lowest BCUT2D eigenvalue weighted by molar-refractivity contribution is 0.0894. The average Bonchev–Trinajstić information content (AvgIpc) is 2.39. The molecule has 0 heterocycles. The molecule has 0 radical (unpaired) electrons. The smallest absolute Gasteiger partial charge is 0.172 e. The Labute approximate surface area is 121 Å². The van der Waals surface area contributed by atoms with Gasteiger partial charge in [0, 0.05) is 16.1 Å². The Kier molecular flexibility index (Phi) is 4.35. The number of carbonyl (C=O) groups excluding carboxylic acids is 2. The monoisotopic (exact) mass is 292 g/mol. The van der Waals surface area contributed by atoms with Crippen molar-refractivity contribution in [3.63, 3.8) is 0 Å². The van der Waals surface area contributed by atoms with Crippen LogP contribution in [0.4, 0.5) is 0 Å². The van der Waals surface area contributed by atoms with Gasteiger partial charge in [-0.1, -0.05) is 53.5 Å². The zero-order valence-corrected chi connectivity index (χ0v) is 11.4. The molecule has 2 nitrogen and oxygen atoms in total. The van der Waals surface area contributed by atoms with Gasteiger partial charge in [0.1, 0.15) is 0 Å². The zero-order valence-electron chi connectivity index (χ0n) is 9.90. The summed E-state index contributed by atoms with van der Waals surface area (Å²) in [6.07, 6.45) is -0.203. The van der Waals surface area contributed by atoms with Gasteiger partial charge in [-0.15, -0.1) is 0 Å². The van der Waals surface area contributed by atoms with Gasteiger partial charge >= 0.3 is 0 Å². The van der Waals surface area contributed by atoms with Crippen molar-refractivity contribution in [1.82, 2.24) is 0 Å². The van der Waals surface area contributed by atoms with E-state index in [1.54, 1.807) is 30.3 Å². The highest BCUT2D eigenvalue weighted by Gasteiger charge is 2.16. The molecule has 19 heavy (non-hydrogen) atoms. The van der Waals surface area contributed by atoms with Crippen molar-refractivity contribution in [2.24, 2.45) is 0 Å². The van der Waals surface area contributed by atoms with Crippen LogP contribution in [0.5, 0.6) is 0 Å². The van der Waals surface area contributed by atoms with Gasteiger partial charge in [-0.05, 0) is 18.2 Å². The van der Waals surface area contributed by atoms with E-state index in [0.29, 0.717) is 16.1 Å². The Bertz CT molecular complexity index is 621. The second kappa shape index (κ2) is 6.00. The highest BCUT2D eigenvalue weighted by Crippen LogP contribution is 2.22. The van der Waals surface area contributed by atoms with Gasteiger partial charge in [0.2, 0.25) is 0 Å². The lowest BCUT2D eigenvalue weighted by Gasteiger charge is -2.04. The molecule has 0 spiro atoms. The van der Waals surface area contributed by atoms with Crippen LogP contribution in [0.2, 0.25) is 10.0 Å². The third kappa shape index (κ3) is 3.43. The second-order valence-electron chi connectivity index (χ2n) is 4.01. The van der Waals surface area contributed by atoms with Crippen molar-refractivity contribution in [2.45, 2.75) is 6.42 Å². The number of Topliss-reactive ketones (excluding diaryl/α,β-unsaturated/α-hetero) is 2. The van der Waals surface area contributed by atoms with Gasteiger partial charge in [0.05, 0.1) is 11.4 Å². The summed E-state index contributed by atoms with van der Waals surface area (Å²) in [7, 11) is 0. The minimum atomic E-state index is -0.310. The molecular formula is C15H10Cl2O2. The largest absolute Gasteiger partial charge is 0.294 e.